The molecule has 1 aliphatic rings. The third-order valence-corrected chi connectivity index (χ3v) is 5.71. The number of likely N-dealkylation sites (N-methyl/N-ethyl adjacent to an activating group) is 1. The van der Waals surface area contributed by atoms with E-state index in [1.165, 1.54) is 0 Å². The fourth-order valence-electron chi connectivity index (χ4n) is 2.78. The number of carbonyl (C=O) groups is 1. The van der Waals surface area contributed by atoms with Gasteiger partial charge in [-0.25, -0.2) is 0 Å². The summed E-state index contributed by atoms with van der Waals surface area (Å²) in [7, 11) is 1.97. The van der Waals surface area contributed by atoms with Gasteiger partial charge in [0.15, 0.2) is 0 Å². The first-order valence-corrected chi connectivity index (χ1v) is 9.10. The molecule has 1 aromatic heterocycles. The van der Waals surface area contributed by atoms with Crippen LogP contribution in [-0.4, -0.2) is 37.0 Å². The molecule has 0 saturated carbocycles. The highest BCUT2D eigenvalue weighted by Gasteiger charge is 2.24. The molecule has 1 aliphatic heterocycles. The number of rotatable bonds is 3. The monoisotopic (exact) mass is 414 g/mol. The van der Waals surface area contributed by atoms with Gasteiger partial charge in [-0.2, -0.15) is 0 Å². The summed E-state index contributed by atoms with van der Waals surface area (Å²) in [6, 6.07) is 12.6. The second kappa shape index (κ2) is 8.29. The summed E-state index contributed by atoms with van der Waals surface area (Å²) < 4.78 is 1.07. The molecular weight excluding hydrogens is 396 g/mol. The van der Waals surface area contributed by atoms with E-state index in [0.29, 0.717) is 6.04 Å². The molecule has 3 rings (SSSR count). The van der Waals surface area contributed by atoms with Crippen LogP contribution in [0.5, 0.6) is 0 Å². The Balaban J connectivity index is 0.00000192. The molecule has 1 aromatic carbocycles. The van der Waals surface area contributed by atoms with Crippen molar-refractivity contribution < 1.29 is 4.79 Å². The van der Waals surface area contributed by atoms with E-state index in [9.17, 15) is 4.79 Å². The van der Waals surface area contributed by atoms with Gasteiger partial charge in [-0.15, -0.1) is 23.7 Å². The van der Waals surface area contributed by atoms with Gasteiger partial charge < -0.3 is 10.2 Å². The Morgan fingerprint density at radius 2 is 2.00 bits per heavy atom. The minimum Gasteiger partial charge on any atom is -0.336 e. The quantitative estimate of drug-likeness (QED) is 0.804. The summed E-state index contributed by atoms with van der Waals surface area (Å²) >= 11 is 5.02. The van der Waals surface area contributed by atoms with E-state index in [2.05, 4.69) is 33.4 Å². The molecule has 23 heavy (non-hydrogen) atoms. The standard InChI is InChI=1S/C17H19BrN2OS.ClH/c1-19-14-3-2-10-20(11-14)17(21)16-9-8-15(22-16)12-4-6-13(18)7-5-12;/h4-9,14,19H,2-3,10-11H2,1H3;1H. The molecule has 1 atom stereocenters. The van der Waals surface area contributed by atoms with E-state index in [-0.39, 0.29) is 18.3 Å². The van der Waals surface area contributed by atoms with Gasteiger partial charge in [0.05, 0.1) is 4.88 Å². The average molecular weight is 416 g/mol. The Morgan fingerprint density at radius 3 is 2.70 bits per heavy atom. The van der Waals surface area contributed by atoms with Gasteiger partial charge in [0, 0.05) is 28.5 Å². The number of hydrogen-bond donors (Lipinski definition) is 1. The van der Waals surface area contributed by atoms with Crippen LogP contribution in [0.15, 0.2) is 40.9 Å². The van der Waals surface area contributed by atoms with Crippen molar-refractivity contribution >= 4 is 45.6 Å². The number of nitrogens with zero attached hydrogens (tertiary/aromatic N) is 1. The number of amides is 1. The normalized spacial score (nSPS) is 17.7. The van der Waals surface area contributed by atoms with Gasteiger partial charge >= 0.3 is 0 Å². The van der Waals surface area contributed by atoms with Crippen molar-refractivity contribution in [2.24, 2.45) is 0 Å². The minimum atomic E-state index is 0. The second-order valence-corrected chi connectivity index (χ2v) is 7.55. The maximum atomic E-state index is 12.7. The lowest BCUT2D eigenvalue weighted by Crippen LogP contribution is -2.46. The molecule has 1 N–H and O–H groups in total. The lowest BCUT2D eigenvalue weighted by Gasteiger charge is -2.32. The van der Waals surface area contributed by atoms with Crippen molar-refractivity contribution in [3.8, 4) is 10.4 Å². The lowest BCUT2D eigenvalue weighted by atomic mass is 10.1. The SMILES string of the molecule is CNC1CCCN(C(=O)c2ccc(-c3ccc(Br)cc3)s2)C1.Cl. The molecule has 6 heteroatoms. The predicted octanol–water partition coefficient (Wildman–Crippen LogP) is 4.42. The highest BCUT2D eigenvalue weighted by atomic mass is 79.9. The Morgan fingerprint density at radius 1 is 1.26 bits per heavy atom. The number of benzene rings is 1. The first-order valence-electron chi connectivity index (χ1n) is 7.49. The fraction of sp³-hybridized carbons (Fsp3) is 0.353. The van der Waals surface area contributed by atoms with E-state index in [4.69, 9.17) is 0 Å². The molecule has 1 saturated heterocycles. The van der Waals surface area contributed by atoms with E-state index in [0.717, 1.165) is 45.7 Å². The summed E-state index contributed by atoms with van der Waals surface area (Å²) in [5.41, 5.74) is 1.15. The van der Waals surface area contributed by atoms with Gasteiger partial charge in [-0.1, -0.05) is 28.1 Å². The maximum Gasteiger partial charge on any atom is 0.263 e. The molecule has 0 radical (unpaired) electrons. The topological polar surface area (TPSA) is 32.3 Å². The Hall–Kier alpha value is -0.880. The second-order valence-electron chi connectivity index (χ2n) is 5.55. The van der Waals surface area contributed by atoms with E-state index in [1.54, 1.807) is 11.3 Å². The third-order valence-electron chi connectivity index (χ3n) is 4.06. The van der Waals surface area contributed by atoms with Gasteiger partial charge in [0.1, 0.15) is 0 Å². The Labute approximate surface area is 155 Å². The molecule has 0 aliphatic carbocycles. The highest BCUT2D eigenvalue weighted by Crippen LogP contribution is 2.30. The summed E-state index contributed by atoms with van der Waals surface area (Å²) in [4.78, 5) is 16.6. The van der Waals surface area contributed by atoms with Crippen molar-refractivity contribution in [1.82, 2.24) is 10.2 Å². The molecule has 3 nitrogen and oxygen atoms in total. The van der Waals surface area contributed by atoms with E-state index in [1.807, 2.05) is 36.2 Å². The number of hydrogen-bond acceptors (Lipinski definition) is 3. The predicted molar refractivity (Wildman–Crippen MR) is 103 cm³/mol. The smallest absolute Gasteiger partial charge is 0.263 e. The molecule has 1 amide bonds. The van der Waals surface area contributed by atoms with Crippen molar-refractivity contribution in [2.45, 2.75) is 18.9 Å². The highest BCUT2D eigenvalue weighted by molar-refractivity contribution is 9.10. The van der Waals surface area contributed by atoms with Crippen LogP contribution < -0.4 is 5.32 Å². The zero-order valence-electron chi connectivity index (χ0n) is 12.9. The van der Waals surface area contributed by atoms with Crippen LogP contribution in [0.3, 0.4) is 0 Å². The average Bonchev–Trinajstić information content (AvgIpc) is 3.05. The van der Waals surface area contributed by atoms with Gasteiger partial charge in [0.25, 0.3) is 5.91 Å². The van der Waals surface area contributed by atoms with Crippen molar-refractivity contribution in [1.29, 1.82) is 0 Å². The summed E-state index contributed by atoms with van der Waals surface area (Å²) in [6.45, 7) is 1.67. The van der Waals surface area contributed by atoms with E-state index >= 15 is 0 Å². The van der Waals surface area contributed by atoms with E-state index < -0.39 is 0 Å². The Bertz CT molecular complexity index is 659. The van der Waals surface area contributed by atoms with Crippen LogP contribution in [-0.2, 0) is 0 Å². The Kier molecular flexibility index (Phi) is 6.65. The van der Waals surface area contributed by atoms with Gasteiger partial charge in [-0.3, -0.25) is 4.79 Å². The molecule has 124 valence electrons. The lowest BCUT2D eigenvalue weighted by molar-refractivity contribution is 0.0703. The molecule has 0 bridgehead atoms. The number of thiophene rings is 1. The van der Waals surface area contributed by atoms with Crippen LogP contribution in [0.1, 0.15) is 22.5 Å². The summed E-state index contributed by atoms with van der Waals surface area (Å²) in [5, 5.41) is 3.28. The zero-order valence-corrected chi connectivity index (χ0v) is 16.1. The van der Waals surface area contributed by atoms with Crippen molar-refractivity contribution in [3.63, 3.8) is 0 Å². The first kappa shape index (κ1) is 18.5. The minimum absolute atomic E-state index is 0. The number of likely N-dealkylation sites (tertiary alicyclic amines) is 1. The number of halogens is 2. The summed E-state index contributed by atoms with van der Waals surface area (Å²) in [6.07, 6.45) is 2.22. The van der Waals surface area contributed by atoms with Gasteiger partial charge in [-0.05, 0) is 49.7 Å². The number of nitrogens with one attached hydrogen (secondary N) is 1. The molecule has 1 unspecified atom stereocenters. The number of carbonyl (C=O) groups excluding carboxylic acids is 1. The fourth-order valence-corrected chi connectivity index (χ4v) is 4.02. The third kappa shape index (κ3) is 4.35. The zero-order chi connectivity index (χ0) is 15.5. The largest absolute Gasteiger partial charge is 0.336 e. The van der Waals surface area contributed by atoms with Crippen LogP contribution in [0.2, 0.25) is 0 Å². The van der Waals surface area contributed by atoms with Crippen molar-refractivity contribution in [3.05, 3.63) is 45.7 Å². The van der Waals surface area contributed by atoms with Crippen LogP contribution >= 0.6 is 39.7 Å². The molecule has 2 heterocycles. The van der Waals surface area contributed by atoms with Crippen LogP contribution in [0.25, 0.3) is 10.4 Å². The summed E-state index contributed by atoms with van der Waals surface area (Å²) in [5.74, 6) is 0.160. The van der Waals surface area contributed by atoms with Crippen LogP contribution in [0, 0.1) is 0 Å². The molecule has 2 aromatic rings. The van der Waals surface area contributed by atoms with Crippen LogP contribution in [0.4, 0.5) is 0 Å². The molecule has 0 spiro atoms. The molecule has 1 fully saturated rings. The number of piperidine rings is 1. The maximum absolute atomic E-state index is 12.7. The first-order chi connectivity index (χ1) is 10.7. The van der Waals surface area contributed by atoms with Gasteiger partial charge in [0.2, 0.25) is 0 Å². The molecular formula is C17H20BrClN2OS. The van der Waals surface area contributed by atoms with Crippen molar-refractivity contribution in [2.75, 3.05) is 20.1 Å².